The van der Waals surface area contributed by atoms with Crippen LogP contribution < -0.4 is 0 Å². The molecule has 3 aromatic rings. The van der Waals surface area contributed by atoms with Crippen LogP contribution in [0.4, 0.5) is 0 Å². The zero-order valence-corrected chi connectivity index (χ0v) is 21.1. The minimum atomic E-state index is -4.30. The summed E-state index contributed by atoms with van der Waals surface area (Å²) in [6, 6.07) is 22.3. The van der Waals surface area contributed by atoms with Gasteiger partial charge in [0.2, 0.25) is 0 Å². The van der Waals surface area contributed by atoms with Crippen molar-refractivity contribution in [3.05, 3.63) is 95.6 Å². The number of aryl methyl sites for hydroxylation is 2. The monoisotopic (exact) mass is 498 g/mol. The van der Waals surface area contributed by atoms with Crippen LogP contribution >= 0.6 is 0 Å². The molecule has 0 N–H and O–H groups in total. The van der Waals surface area contributed by atoms with Crippen molar-refractivity contribution in [1.29, 1.82) is 0 Å². The maximum Gasteiger partial charge on any atom is 0.256 e. The van der Waals surface area contributed by atoms with Crippen LogP contribution in [0.5, 0.6) is 0 Å². The fourth-order valence-electron chi connectivity index (χ4n) is 4.28. The molecule has 4 rings (SSSR count). The predicted octanol–water partition coefficient (Wildman–Crippen LogP) is 4.35. The molecule has 1 aliphatic heterocycles. The smallest absolute Gasteiger partial charge is 0.256 e. The zero-order chi connectivity index (χ0) is 24.3. The molecule has 0 spiro atoms. The van der Waals surface area contributed by atoms with Gasteiger partial charge in [0.25, 0.3) is 20.0 Å². The van der Waals surface area contributed by atoms with E-state index >= 15 is 0 Å². The van der Waals surface area contributed by atoms with E-state index in [1.165, 1.54) is 24.3 Å². The molecule has 0 aliphatic carbocycles. The van der Waals surface area contributed by atoms with Gasteiger partial charge in [-0.1, -0.05) is 69.4 Å². The number of sulfonamides is 2. The van der Waals surface area contributed by atoms with E-state index in [0.29, 0.717) is 10.3 Å². The van der Waals surface area contributed by atoms with Gasteiger partial charge in [-0.25, -0.2) is 16.8 Å². The predicted molar refractivity (Wildman–Crippen MR) is 133 cm³/mol. The third-order valence-corrected chi connectivity index (χ3v) is 10.5. The Labute approximate surface area is 203 Å². The van der Waals surface area contributed by atoms with Gasteiger partial charge < -0.3 is 0 Å². The van der Waals surface area contributed by atoms with Gasteiger partial charge in [0.05, 0.1) is 9.79 Å². The minimum absolute atomic E-state index is 0.0265. The average Bonchev–Trinajstić information content (AvgIpc) is 3.25. The summed E-state index contributed by atoms with van der Waals surface area (Å²) in [6.45, 7) is 5.03. The number of nitrogens with zero attached hydrogens (tertiary/aromatic N) is 2. The second kappa shape index (κ2) is 10.00. The Balaban J connectivity index is 1.71. The number of hydrogen-bond donors (Lipinski definition) is 0. The molecule has 3 aromatic carbocycles. The van der Waals surface area contributed by atoms with Crippen LogP contribution in [0.2, 0.25) is 0 Å². The van der Waals surface area contributed by atoms with Crippen molar-refractivity contribution in [2.75, 3.05) is 13.1 Å². The van der Waals surface area contributed by atoms with E-state index < -0.39 is 20.0 Å². The van der Waals surface area contributed by atoms with E-state index in [1.807, 2.05) is 44.2 Å². The molecule has 0 bridgehead atoms. The lowest BCUT2D eigenvalue weighted by atomic mass is 10.2. The highest BCUT2D eigenvalue weighted by molar-refractivity contribution is 8.04. The Morgan fingerprint density at radius 1 is 0.765 bits per heavy atom. The Bertz CT molecular complexity index is 1250. The van der Waals surface area contributed by atoms with Crippen molar-refractivity contribution in [3.8, 4) is 0 Å². The second-order valence-corrected chi connectivity index (χ2v) is 12.8. The molecule has 1 atom stereocenters. The first-order chi connectivity index (χ1) is 16.2. The van der Waals surface area contributed by atoms with Gasteiger partial charge in [0.15, 0.2) is 0 Å². The minimum Gasteiger partial charge on any atom is -0.295 e. The van der Waals surface area contributed by atoms with Gasteiger partial charge in [-0.15, -0.1) is 0 Å². The Morgan fingerprint density at radius 3 is 1.76 bits per heavy atom. The molecule has 6 nitrogen and oxygen atoms in total. The quantitative estimate of drug-likeness (QED) is 0.462. The summed E-state index contributed by atoms with van der Waals surface area (Å²) in [5.41, 5.74) is 2.91. The van der Waals surface area contributed by atoms with Crippen molar-refractivity contribution >= 4 is 20.0 Å². The van der Waals surface area contributed by atoms with Crippen molar-refractivity contribution in [2.24, 2.45) is 0 Å². The summed E-state index contributed by atoms with van der Waals surface area (Å²) in [6.07, 6.45) is 1.62. The molecular formula is C26H30N2O4S2. The van der Waals surface area contributed by atoms with Gasteiger partial charge in [0.1, 0.15) is 0 Å². The standard InChI is InChI=1S/C26H30N2O4S2/c1-21-10-14-25(15-11-21)33(29,30)28(34(31,32)26-16-12-22(2)13-17-26)20-24-9-6-18-27(24)19-23-7-4-3-5-8-23/h3-5,7-8,10-17,24H,6,9,18-20H2,1-2H3/t24-/m0/s1. The normalized spacial score (nSPS) is 17.3. The maximum atomic E-state index is 13.7. The van der Waals surface area contributed by atoms with Crippen LogP contribution in [0.15, 0.2) is 88.7 Å². The van der Waals surface area contributed by atoms with Crippen molar-refractivity contribution < 1.29 is 16.8 Å². The van der Waals surface area contributed by atoms with Crippen LogP contribution in [0, 0.1) is 13.8 Å². The van der Waals surface area contributed by atoms with E-state index in [9.17, 15) is 16.8 Å². The summed E-state index contributed by atoms with van der Waals surface area (Å²) in [7, 11) is -8.60. The molecule has 180 valence electrons. The first-order valence-corrected chi connectivity index (χ1v) is 14.3. The Morgan fingerprint density at radius 2 is 1.26 bits per heavy atom. The van der Waals surface area contributed by atoms with Crippen molar-refractivity contribution in [2.45, 2.75) is 49.1 Å². The topological polar surface area (TPSA) is 74.8 Å². The van der Waals surface area contributed by atoms with Gasteiger partial charge in [-0.2, -0.15) is 0 Å². The molecular weight excluding hydrogens is 468 g/mol. The second-order valence-electron chi connectivity index (χ2n) is 8.84. The third-order valence-electron chi connectivity index (χ3n) is 6.26. The van der Waals surface area contributed by atoms with E-state index in [-0.39, 0.29) is 22.4 Å². The lowest BCUT2D eigenvalue weighted by Gasteiger charge is -2.30. The van der Waals surface area contributed by atoms with Crippen LogP contribution in [0.3, 0.4) is 0 Å². The summed E-state index contributed by atoms with van der Waals surface area (Å²) in [5.74, 6) is 0. The highest BCUT2D eigenvalue weighted by Gasteiger charge is 2.40. The number of benzene rings is 3. The molecule has 0 saturated carbocycles. The van der Waals surface area contributed by atoms with E-state index in [2.05, 4.69) is 4.90 Å². The van der Waals surface area contributed by atoms with Gasteiger partial charge >= 0.3 is 0 Å². The average molecular weight is 499 g/mol. The molecule has 0 radical (unpaired) electrons. The van der Waals surface area contributed by atoms with Crippen molar-refractivity contribution in [1.82, 2.24) is 8.61 Å². The lowest BCUT2D eigenvalue weighted by Crippen LogP contribution is -2.45. The van der Waals surface area contributed by atoms with Crippen molar-refractivity contribution in [3.63, 3.8) is 0 Å². The fourth-order valence-corrected chi connectivity index (χ4v) is 8.00. The summed E-state index contributed by atoms with van der Waals surface area (Å²) in [4.78, 5) is 2.13. The summed E-state index contributed by atoms with van der Waals surface area (Å²) in [5, 5.41) is 0. The van der Waals surface area contributed by atoms with Gasteiger partial charge in [-0.3, -0.25) is 4.90 Å². The number of hydrogen-bond acceptors (Lipinski definition) is 5. The molecule has 8 heteroatoms. The number of likely N-dealkylation sites (tertiary alicyclic amines) is 1. The SMILES string of the molecule is Cc1ccc(S(=O)(=O)N(C[C@@H]2CCCN2Cc2ccccc2)S(=O)(=O)c2ccc(C)cc2)cc1. The number of rotatable bonds is 8. The molecule has 0 amide bonds. The van der Waals surface area contributed by atoms with Crippen LogP contribution in [-0.2, 0) is 26.6 Å². The van der Waals surface area contributed by atoms with E-state index in [1.54, 1.807) is 24.3 Å². The zero-order valence-electron chi connectivity index (χ0n) is 19.5. The molecule has 1 heterocycles. The largest absolute Gasteiger partial charge is 0.295 e. The first kappa shape index (κ1) is 24.6. The molecule has 34 heavy (non-hydrogen) atoms. The summed E-state index contributed by atoms with van der Waals surface area (Å²) < 4.78 is 55.6. The van der Waals surface area contributed by atoms with Gasteiger partial charge in [-0.05, 0) is 63.1 Å². The van der Waals surface area contributed by atoms with Crippen LogP contribution in [-0.4, -0.2) is 44.6 Å². The molecule has 0 unspecified atom stereocenters. The highest BCUT2D eigenvalue weighted by Crippen LogP contribution is 2.29. The van der Waals surface area contributed by atoms with E-state index in [0.717, 1.165) is 36.1 Å². The lowest BCUT2D eigenvalue weighted by molar-refractivity contribution is 0.230. The Hall–Kier alpha value is -2.52. The molecule has 0 aromatic heterocycles. The van der Waals surface area contributed by atoms with Crippen LogP contribution in [0.25, 0.3) is 0 Å². The van der Waals surface area contributed by atoms with Gasteiger partial charge in [0, 0.05) is 19.1 Å². The molecule has 1 saturated heterocycles. The molecule has 1 aliphatic rings. The molecule has 1 fully saturated rings. The van der Waals surface area contributed by atoms with Crippen LogP contribution in [0.1, 0.15) is 29.5 Å². The third kappa shape index (κ3) is 5.25. The Kier molecular flexibility index (Phi) is 7.23. The highest BCUT2D eigenvalue weighted by atomic mass is 32.3. The first-order valence-electron chi connectivity index (χ1n) is 11.4. The summed E-state index contributed by atoms with van der Waals surface area (Å²) >= 11 is 0. The van der Waals surface area contributed by atoms with E-state index in [4.69, 9.17) is 0 Å². The fraction of sp³-hybridized carbons (Fsp3) is 0.308. The maximum absolute atomic E-state index is 13.7.